The van der Waals surface area contributed by atoms with Gasteiger partial charge in [-0.3, -0.25) is 14.8 Å². The minimum atomic E-state index is -0.614. The average Bonchev–Trinajstić information content (AvgIpc) is 3.17. The molecule has 9 atom stereocenters. The number of nitrogens with one attached hydrogen (secondary N) is 1. The largest absolute Gasteiger partial charge is 0.504 e. The smallest absolute Gasteiger partial charge is 0.302 e. The number of carbonyl (C=O) groups is 1. The molecular formula is C41H46N4O8. The Balaban J connectivity index is 1.23. The number of fused-ring (bicyclic) bond motifs is 6. The van der Waals surface area contributed by atoms with Crippen LogP contribution in [-0.2, 0) is 27.1 Å². The van der Waals surface area contributed by atoms with E-state index in [4.69, 9.17) is 24.7 Å². The maximum Gasteiger partial charge on any atom is 0.302 e. The molecule has 0 unspecified atom stereocenters. The topological polar surface area (TPSA) is 178 Å². The summed E-state index contributed by atoms with van der Waals surface area (Å²) in [5.74, 6) is 5.99. The number of pyridine rings is 1. The first-order chi connectivity index (χ1) is 25.7. The van der Waals surface area contributed by atoms with Crippen molar-refractivity contribution in [3.05, 3.63) is 83.7 Å². The highest BCUT2D eigenvalue weighted by molar-refractivity contribution is 5.78. The minimum Gasteiger partial charge on any atom is -0.504 e. The number of nitrogens with zero attached hydrogens (tertiary/aromatic N) is 2. The van der Waals surface area contributed by atoms with Gasteiger partial charge in [-0.15, -0.1) is 0 Å². The van der Waals surface area contributed by atoms with Crippen molar-refractivity contribution in [1.29, 1.82) is 0 Å². The van der Waals surface area contributed by atoms with Crippen molar-refractivity contribution in [1.82, 2.24) is 10.3 Å². The molecule has 2 fully saturated rings. The van der Waals surface area contributed by atoms with Gasteiger partial charge >= 0.3 is 5.97 Å². The number of rotatable bonds is 7. The lowest BCUT2D eigenvalue weighted by molar-refractivity contribution is -0.179. The van der Waals surface area contributed by atoms with Crippen LogP contribution in [0.2, 0.25) is 0 Å². The molecule has 3 aromatic rings. The molecule has 0 radical (unpaired) electrons. The average molecular weight is 723 g/mol. The van der Waals surface area contributed by atoms with Crippen LogP contribution in [0.15, 0.2) is 72.0 Å². The summed E-state index contributed by atoms with van der Waals surface area (Å²) in [5, 5.41) is 35.8. The van der Waals surface area contributed by atoms with Crippen LogP contribution >= 0.6 is 0 Å². The lowest BCUT2D eigenvalue weighted by Crippen LogP contribution is -2.51. The maximum absolute atomic E-state index is 12.5. The molecule has 278 valence electrons. The fourth-order valence-corrected chi connectivity index (χ4v) is 8.12. The van der Waals surface area contributed by atoms with E-state index in [1.54, 1.807) is 31.6 Å². The first kappa shape index (κ1) is 36.0. The van der Waals surface area contributed by atoms with Gasteiger partial charge in [-0.25, -0.2) is 0 Å². The number of aromatic nitrogens is 1. The maximum atomic E-state index is 12.5. The molecule has 2 bridgehead atoms. The number of nitrogens with two attached hydrogens (primary N) is 1. The van der Waals surface area contributed by atoms with Crippen molar-refractivity contribution in [3.63, 3.8) is 0 Å². The molecule has 12 nitrogen and oxygen atoms in total. The number of ether oxygens (including phenoxy) is 4. The number of guanidine groups is 1. The summed E-state index contributed by atoms with van der Waals surface area (Å²) < 4.78 is 25.4. The SMILES string of the molecule is CN=C(N)N[C@H]1CCC[C@H]2Oc3cc(ccc3O)C[C@@H]3[C@@H]4O[C@H](c5cc(O)c(O)c(OCCc6cccnc6)c5)C[C@H](OC(C)=O)[C@@H]4C=C[C@@H]3C#C[C@H]12. The number of carbonyl (C=O) groups excluding carboxylic acids is 1. The quantitative estimate of drug-likeness (QED) is 0.0570. The molecule has 6 N–H and O–H groups in total. The van der Waals surface area contributed by atoms with Gasteiger partial charge in [-0.05, 0) is 72.7 Å². The Morgan fingerprint density at radius 3 is 2.77 bits per heavy atom. The molecule has 0 spiro atoms. The van der Waals surface area contributed by atoms with Gasteiger partial charge in [0.25, 0.3) is 0 Å². The van der Waals surface area contributed by atoms with Crippen molar-refractivity contribution >= 4 is 11.9 Å². The van der Waals surface area contributed by atoms with E-state index in [-0.39, 0.29) is 65.4 Å². The number of phenols is 3. The second kappa shape index (κ2) is 15.7. The van der Waals surface area contributed by atoms with Gasteiger partial charge in [0.1, 0.15) is 12.2 Å². The number of aromatic hydroxyl groups is 3. The Morgan fingerprint density at radius 2 is 1.98 bits per heavy atom. The van der Waals surface area contributed by atoms with Crippen LogP contribution in [0.5, 0.6) is 28.7 Å². The number of benzene rings is 2. The molecular weight excluding hydrogens is 676 g/mol. The molecule has 53 heavy (non-hydrogen) atoms. The third-order valence-corrected chi connectivity index (χ3v) is 10.7. The fourth-order valence-electron chi connectivity index (χ4n) is 8.12. The van der Waals surface area contributed by atoms with Gasteiger partial charge in [0.05, 0.1) is 24.7 Å². The van der Waals surface area contributed by atoms with Crippen LogP contribution in [0.4, 0.5) is 0 Å². The van der Waals surface area contributed by atoms with Crippen molar-refractivity contribution in [2.24, 2.45) is 34.4 Å². The van der Waals surface area contributed by atoms with E-state index in [1.165, 1.54) is 13.0 Å². The van der Waals surface area contributed by atoms with Gasteiger partial charge < -0.3 is 45.3 Å². The van der Waals surface area contributed by atoms with Crippen molar-refractivity contribution in [3.8, 4) is 40.6 Å². The van der Waals surface area contributed by atoms with Crippen LogP contribution in [0.25, 0.3) is 0 Å². The zero-order valence-electron chi connectivity index (χ0n) is 29.9. The van der Waals surface area contributed by atoms with Gasteiger partial charge in [0.15, 0.2) is 29.0 Å². The molecule has 1 saturated heterocycles. The van der Waals surface area contributed by atoms with Crippen LogP contribution in [-0.4, -0.2) is 70.2 Å². The minimum absolute atomic E-state index is 0.0527. The van der Waals surface area contributed by atoms with E-state index >= 15 is 0 Å². The predicted molar refractivity (Wildman–Crippen MR) is 196 cm³/mol. The second-order valence-electron chi connectivity index (χ2n) is 14.2. The molecule has 2 aromatic carbocycles. The Morgan fingerprint density at radius 1 is 1.11 bits per heavy atom. The Labute approximate surface area is 309 Å². The third-order valence-electron chi connectivity index (χ3n) is 10.7. The monoisotopic (exact) mass is 722 g/mol. The highest BCUT2D eigenvalue weighted by Crippen LogP contribution is 2.48. The lowest BCUT2D eigenvalue weighted by atomic mass is 9.69. The Bertz CT molecular complexity index is 1920. The van der Waals surface area contributed by atoms with E-state index in [0.717, 1.165) is 30.4 Å². The normalized spacial score (nSPS) is 29.0. The predicted octanol–water partition coefficient (Wildman–Crippen LogP) is 4.71. The van der Waals surface area contributed by atoms with Gasteiger partial charge in [-0.2, -0.15) is 0 Å². The zero-order valence-corrected chi connectivity index (χ0v) is 29.9. The number of phenolic OH excluding ortho intramolecular Hbond substituents is 3. The molecule has 1 saturated carbocycles. The van der Waals surface area contributed by atoms with Crippen molar-refractivity contribution < 1.29 is 39.1 Å². The Hall–Kier alpha value is -5.41. The molecule has 2 aliphatic heterocycles. The van der Waals surface area contributed by atoms with Crippen molar-refractivity contribution in [2.75, 3.05) is 13.7 Å². The number of hydrogen-bond donors (Lipinski definition) is 5. The van der Waals surface area contributed by atoms with Crippen molar-refractivity contribution in [2.45, 2.75) is 75.9 Å². The summed E-state index contributed by atoms with van der Waals surface area (Å²) in [7, 11) is 1.64. The summed E-state index contributed by atoms with van der Waals surface area (Å²) in [5.41, 5.74) is 8.61. The molecule has 2 aliphatic carbocycles. The van der Waals surface area contributed by atoms with Crippen LogP contribution in [0.3, 0.4) is 0 Å². The van der Waals surface area contributed by atoms with Crippen LogP contribution in [0.1, 0.15) is 55.4 Å². The van der Waals surface area contributed by atoms with E-state index in [1.807, 2.05) is 24.3 Å². The number of hydrogen-bond acceptors (Lipinski definition) is 10. The summed E-state index contributed by atoms with van der Waals surface area (Å²) >= 11 is 0. The summed E-state index contributed by atoms with van der Waals surface area (Å²) in [4.78, 5) is 20.7. The van der Waals surface area contributed by atoms with Crippen LogP contribution in [0, 0.1) is 35.5 Å². The van der Waals surface area contributed by atoms with E-state index in [0.29, 0.717) is 36.5 Å². The summed E-state index contributed by atoms with van der Waals surface area (Å²) in [6.45, 7) is 1.64. The fraction of sp³-hybridized carbons (Fsp3) is 0.439. The second-order valence-corrected chi connectivity index (χ2v) is 14.2. The highest BCUT2D eigenvalue weighted by Gasteiger charge is 2.47. The number of allylic oxidation sites excluding steroid dienone is 1. The third kappa shape index (κ3) is 8.00. The molecule has 1 aromatic heterocycles. The summed E-state index contributed by atoms with van der Waals surface area (Å²) in [6.07, 6.45) is 9.62. The molecule has 4 aliphatic rings. The Kier molecular flexibility index (Phi) is 10.6. The highest BCUT2D eigenvalue weighted by atomic mass is 16.6. The summed E-state index contributed by atoms with van der Waals surface area (Å²) in [6, 6.07) is 12.2. The number of esters is 1. The molecule has 0 amide bonds. The number of aliphatic imine (C=N–C) groups is 1. The molecule has 12 heteroatoms. The first-order valence-electron chi connectivity index (χ1n) is 18.2. The lowest BCUT2D eigenvalue weighted by Gasteiger charge is -2.47. The van der Waals surface area contributed by atoms with Gasteiger partial charge in [0.2, 0.25) is 5.75 Å². The first-order valence-corrected chi connectivity index (χ1v) is 18.2. The van der Waals surface area contributed by atoms with Gasteiger partial charge in [-0.1, -0.05) is 36.1 Å². The van der Waals surface area contributed by atoms with E-state index < -0.39 is 24.3 Å². The zero-order chi connectivity index (χ0) is 37.1. The van der Waals surface area contributed by atoms with E-state index in [2.05, 4.69) is 39.3 Å². The standard InChI is InChI=1S/C41H46N4O8/c1-23(46)51-36-21-35(27-19-33(48)39(49)38(20-27)50-16-14-24-5-4-15-44-22-24)53-40-29(36)12-10-26-9-11-28-31(45-41(42)43-2)6-3-7-34(28)52-37-18-25(17-30(26)40)8-13-32(37)47/h4-5,8,10,12-13,15,18-20,22,26,28-31,34-36,40,47-49H,3,6-7,14,16-17,21H2,1-2H3,(H3,42,43,45)/t26-,28+,29-,30-,31-,34+,35-,36-,40+/m0/s1. The molecule has 3 heterocycles. The van der Waals surface area contributed by atoms with Crippen LogP contribution < -0.4 is 20.5 Å². The van der Waals surface area contributed by atoms with E-state index in [9.17, 15) is 20.1 Å². The molecule has 7 rings (SSSR count). The van der Waals surface area contributed by atoms with Gasteiger partial charge in [0, 0.05) is 63.0 Å².